The fourth-order valence-electron chi connectivity index (χ4n) is 0.173. The minimum Gasteiger partial charge on any atom is -0.245 e. The van der Waals surface area contributed by atoms with Crippen LogP contribution >= 0.6 is 0 Å². The van der Waals surface area contributed by atoms with Crippen LogP contribution in [-0.4, -0.2) is 6.15 Å². The van der Waals surface area contributed by atoms with Crippen molar-refractivity contribution in [1.29, 1.82) is 21.0 Å². The molecule has 0 radical (unpaired) electrons. The van der Waals surface area contributed by atoms with Crippen LogP contribution in [0.5, 0.6) is 0 Å². The lowest BCUT2D eigenvalue weighted by Crippen LogP contribution is -2.26. The van der Waals surface area contributed by atoms with E-state index in [1.807, 2.05) is 0 Å². The van der Waals surface area contributed by atoms with E-state index in [1.54, 1.807) is 0 Å². The molecule has 4 nitrogen and oxygen atoms in total. The van der Waals surface area contributed by atoms with Gasteiger partial charge < -0.3 is 0 Å². The minimum absolute atomic E-state index is 0. The van der Waals surface area contributed by atoms with Gasteiger partial charge in [-0.2, -0.15) is 0 Å². The lowest BCUT2D eigenvalue weighted by Gasteiger charge is -1.98. The predicted molar refractivity (Wildman–Crippen MR) is 39.8 cm³/mol. The average Bonchev–Trinajstić information content (AvgIpc) is 1.95. The molecular formula is C4H3BN4S. The van der Waals surface area contributed by atoms with Crippen molar-refractivity contribution in [2.24, 2.45) is 0 Å². The molecule has 48 valence electrons. The first-order chi connectivity index (χ1) is 4.24. The zero-order chi connectivity index (χ0) is 7.33. The lowest BCUT2D eigenvalue weighted by molar-refractivity contribution is 1.50. The maximum atomic E-state index is 8.09. The smallest absolute Gasteiger partial charge is 0.245 e. The van der Waals surface area contributed by atoms with Crippen molar-refractivity contribution in [2.45, 2.75) is 0 Å². The molecule has 0 amide bonds. The second kappa shape index (κ2) is 4.27. The summed E-state index contributed by atoms with van der Waals surface area (Å²) in [5, 5.41) is 32.3. The molecule has 10 heavy (non-hydrogen) atoms. The Bertz CT molecular complexity index is 210. The van der Waals surface area contributed by atoms with Gasteiger partial charge in [-0.25, -0.2) is 21.0 Å². The molecule has 0 aromatic heterocycles. The Balaban J connectivity index is 0. The van der Waals surface area contributed by atoms with Crippen molar-refractivity contribution in [2.75, 3.05) is 0 Å². The van der Waals surface area contributed by atoms with Crippen LogP contribution in [0.3, 0.4) is 0 Å². The molecule has 0 unspecified atom stereocenters. The normalized spacial score (nSPS) is 6.80. The van der Waals surface area contributed by atoms with E-state index in [9.17, 15) is 0 Å². The summed E-state index contributed by atoms with van der Waals surface area (Å²) in [4.78, 5) is 0. The number of hydrogen-bond donors (Lipinski definition) is 0. The molecule has 0 spiro atoms. The van der Waals surface area contributed by atoms with E-state index in [2.05, 4.69) is 0 Å². The summed E-state index contributed by atoms with van der Waals surface area (Å²) >= 11 is 0. The third-order valence-corrected chi connectivity index (χ3v) is 0.775. The van der Waals surface area contributed by atoms with Crippen LogP contribution in [0.15, 0.2) is 0 Å². The van der Waals surface area contributed by atoms with Crippen LogP contribution in [0.25, 0.3) is 0 Å². The molecule has 0 saturated heterocycles. The van der Waals surface area contributed by atoms with Gasteiger partial charge in [0.1, 0.15) is 0 Å². The highest BCUT2D eigenvalue weighted by Gasteiger charge is 2.22. The van der Waals surface area contributed by atoms with Crippen LogP contribution in [0.2, 0.25) is 0 Å². The van der Waals surface area contributed by atoms with E-state index >= 15 is 0 Å². The molecule has 0 atom stereocenters. The highest BCUT2D eigenvalue weighted by atomic mass is 32.1. The summed E-state index contributed by atoms with van der Waals surface area (Å²) in [6.45, 7) is 0. The van der Waals surface area contributed by atoms with Crippen molar-refractivity contribution in [3.05, 3.63) is 0 Å². The molecule has 0 aliphatic rings. The average molecular weight is 150 g/mol. The molecule has 0 saturated carbocycles. The van der Waals surface area contributed by atoms with Gasteiger partial charge in [-0.15, -0.1) is 23.9 Å². The van der Waals surface area contributed by atoms with E-state index in [1.165, 1.54) is 23.9 Å². The number of nitriles is 4. The third-order valence-electron chi connectivity index (χ3n) is 0.775. The summed E-state index contributed by atoms with van der Waals surface area (Å²) in [6, 6.07) is 0. The van der Waals surface area contributed by atoms with Crippen LogP contribution in [-0.2, 0) is 13.5 Å². The zero-order valence-corrected chi connectivity index (χ0v) is 6.10. The highest BCUT2D eigenvalue weighted by Crippen LogP contribution is 1.92. The van der Waals surface area contributed by atoms with Crippen LogP contribution in [0, 0.1) is 44.9 Å². The van der Waals surface area contributed by atoms with E-state index in [0.717, 1.165) is 0 Å². The second-order valence-electron chi connectivity index (χ2n) is 1.38. The number of hydrogen-bond acceptors (Lipinski definition) is 4. The van der Waals surface area contributed by atoms with Gasteiger partial charge in [0, 0.05) is 0 Å². The molecule has 0 aromatic carbocycles. The van der Waals surface area contributed by atoms with Crippen molar-refractivity contribution < 1.29 is 0 Å². The van der Waals surface area contributed by atoms with Gasteiger partial charge in [-0.1, -0.05) is 13.5 Å². The molecular weight excluding hydrogens is 147 g/mol. The Morgan fingerprint density at radius 3 is 0.900 bits per heavy atom. The molecule has 0 N–H and O–H groups in total. The van der Waals surface area contributed by atoms with E-state index in [0.29, 0.717) is 0 Å². The third kappa shape index (κ3) is 1.71. The number of rotatable bonds is 0. The fourth-order valence-corrected chi connectivity index (χ4v) is 0.173. The summed E-state index contributed by atoms with van der Waals surface area (Å²) in [7, 11) is 0. The summed E-state index contributed by atoms with van der Waals surface area (Å²) < 4.78 is 0. The molecule has 0 heterocycles. The van der Waals surface area contributed by atoms with Crippen LogP contribution < -0.4 is 0 Å². The SMILES string of the molecule is N#C[B-](C#N)(C#N)C#N.[SH3+]. The Labute approximate surface area is 65.3 Å². The Morgan fingerprint density at radius 2 is 0.900 bits per heavy atom. The molecule has 0 fully saturated rings. The summed E-state index contributed by atoms with van der Waals surface area (Å²) in [6.07, 6.45) is -2.72. The molecule has 6 heteroatoms. The number of nitrogens with zero attached hydrogens (tertiary/aromatic N) is 4. The zero-order valence-electron chi connectivity index (χ0n) is 4.94. The van der Waals surface area contributed by atoms with Gasteiger partial charge in [-0.05, 0) is 0 Å². The first-order valence-electron chi connectivity index (χ1n) is 2.05. The van der Waals surface area contributed by atoms with E-state index in [-0.39, 0.29) is 13.5 Å². The van der Waals surface area contributed by atoms with Gasteiger partial charge in [0.2, 0.25) is 0 Å². The van der Waals surface area contributed by atoms with Gasteiger partial charge in [0.15, 0.2) is 0 Å². The minimum atomic E-state index is -2.72. The predicted octanol–water partition coefficient (Wildman–Crippen LogP) is -1.12. The lowest BCUT2D eigenvalue weighted by atomic mass is 9.30. The second-order valence-corrected chi connectivity index (χ2v) is 1.38. The maximum absolute atomic E-state index is 8.09. The summed E-state index contributed by atoms with van der Waals surface area (Å²) in [5.41, 5.74) is 0. The van der Waals surface area contributed by atoms with Crippen molar-refractivity contribution in [3.63, 3.8) is 0 Å². The van der Waals surface area contributed by atoms with Gasteiger partial charge in [-0.3, -0.25) is 0 Å². The van der Waals surface area contributed by atoms with Crippen molar-refractivity contribution in [1.82, 2.24) is 0 Å². The van der Waals surface area contributed by atoms with Gasteiger partial charge in [0.05, 0.1) is 0 Å². The van der Waals surface area contributed by atoms with Gasteiger partial charge in [0.25, 0.3) is 0 Å². The van der Waals surface area contributed by atoms with E-state index < -0.39 is 6.15 Å². The van der Waals surface area contributed by atoms with E-state index in [4.69, 9.17) is 21.0 Å². The highest BCUT2D eigenvalue weighted by molar-refractivity contribution is 7.37. The Morgan fingerprint density at radius 1 is 0.700 bits per heavy atom. The maximum Gasteiger partial charge on any atom is 0.383 e. The topological polar surface area (TPSA) is 95.2 Å². The largest absolute Gasteiger partial charge is 0.383 e. The standard InChI is InChI=1S/C4BN4.H2S/c6-1-5(2-7,3-8)4-9;/h;1H2/q-1;/p+1. The van der Waals surface area contributed by atoms with Crippen LogP contribution in [0.4, 0.5) is 0 Å². The quantitative estimate of drug-likeness (QED) is 0.322. The van der Waals surface area contributed by atoms with Crippen molar-refractivity contribution >= 4 is 19.6 Å². The van der Waals surface area contributed by atoms with Crippen LogP contribution in [0.1, 0.15) is 0 Å². The first kappa shape index (κ1) is 11.2. The molecule has 0 rings (SSSR count). The Kier molecular flexibility index (Phi) is 4.79. The molecule has 0 aromatic rings. The summed E-state index contributed by atoms with van der Waals surface area (Å²) in [5.74, 6) is 5.38. The van der Waals surface area contributed by atoms with Gasteiger partial charge >= 0.3 is 6.15 Å². The molecule has 0 bridgehead atoms. The van der Waals surface area contributed by atoms with Crippen molar-refractivity contribution in [3.8, 4) is 23.9 Å². The molecule has 0 aliphatic carbocycles. The Hall–Kier alpha value is -1.63. The first-order valence-corrected chi connectivity index (χ1v) is 2.05. The fraction of sp³-hybridized carbons (Fsp3) is 0. The molecule has 0 aliphatic heterocycles. The monoisotopic (exact) mass is 150 g/mol.